The molecule has 0 aromatic heterocycles. The van der Waals surface area contributed by atoms with Gasteiger partial charge in [-0.3, -0.25) is 0 Å². The summed E-state index contributed by atoms with van der Waals surface area (Å²) in [6, 6.07) is 19.9. The second-order valence-corrected chi connectivity index (χ2v) is 5.21. The summed E-state index contributed by atoms with van der Waals surface area (Å²) >= 11 is 0. The van der Waals surface area contributed by atoms with E-state index >= 15 is 0 Å². The predicted octanol–water partition coefficient (Wildman–Crippen LogP) is 4.56. The van der Waals surface area contributed by atoms with Crippen molar-refractivity contribution in [3.05, 3.63) is 54.6 Å². The van der Waals surface area contributed by atoms with Crippen molar-refractivity contribution in [1.82, 2.24) is 0 Å². The summed E-state index contributed by atoms with van der Waals surface area (Å²) < 4.78 is 0. The van der Waals surface area contributed by atoms with Gasteiger partial charge in [-0.05, 0) is 48.9 Å². The zero-order chi connectivity index (χ0) is 12.4. The van der Waals surface area contributed by atoms with Gasteiger partial charge in [-0.25, -0.2) is 0 Å². The Morgan fingerprint density at radius 3 is 2.11 bits per heavy atom. The van der Waals surface area contributed by atoms with Gasteiger partial charge in [0.1, 0.15) is 0 Å². The van der Waals surface area contributed by atoms with Crippen LogP contribution in [0.15, 0.2) is 54.6 Å². The van der Waals surface area contributed by atoms with E-state index in [4.69, 9.17) is 0 Å². The fourth-order valence-corrected chi connectivity index (χ4v) is 2.37. The summed E-state index contributed by atoms with van der Waals surface area (Å²) in [5, 5.41) is 3.58. The normalized spacial score (nSPS) is 16.3. The molecule has 1 aliphatic rings. The molecule has 0 bridgehead atoms. The number of benzene rings is 2. The van der Waals surface area contributed by atoms with Crippen LogP contribution in [0, 0.1) is 5.92 Å². The SMILES string of the molecule is CC(Nc1ccc(-c2ccccc2)cc1)C1CC1. The molecule has 92 valence electrons. The van der Waals surface area contributed by atoms with Crippen LogP contribution in [0.1, 0.15) is 19.8 Å². The molecule has 1 atom stereocenters. The van der Waals surface area contributed by atoms with Crippen LogP contribution in [-0.2, 0) is 0 Å². The van der Waals surface area contributed by atoms with Gasteiger partial charge >= 0.3 is 0 Å². The maximum atomic E-state index is 3.58. The third kappa shape index (κ3) is 2.56. The van der Waals surface area contributed by atoms with E-state index in [9.17, 15) is 0 Å². The lowest BCUT2D eigenvalue weighted by Gasteiger charge is -2.14. The molecule has 1 unspecified atom stereocenters. The monoisotopic (exact) mass is 237 g/mol. The second kappa shape index (κ2) is 4.85. The fraction of sp³-hybridized carbons (Fsp3) is 0.294. The lowest BCUT2D eigenvalue weighted by molar-refractivity contribution is 0.694. The molecule has 2 aromatic rings. The molecule has 3 rings (SSSR count). The van der Waals surface area contributed by atoms with Crippen LogP contribution in [0.25, 0.3) is 11.1 Å². The van der Waals surface area contributed by atoms with Gasteiger partial charge in [0.2, 0.25) is 0 Å². The van der Waals surface area contributed by atoms with Gasteiger partial charge in [0.15, 0.2) is 0 Å². The summed E-state index contributed by atoms with van der Waals surface area (Å²) in [5.41, 5.74) is 3.79. The largest absolute Gasteiger partial charge is 0.382 e. The third-order valence-corrected chi connectivity index (χ3v) is 3.72. The highest BCUT2D eigenvalue weighted by Gasteiger charge is 2.27. The molecule has 1 fully saturated rings. The summed E-state index contributed by atoms with van der Waals surface area (Å²) in [6.07, 6.45) is 2.77. The maximum absolute atomic E-state index is 3.58. The van der Waals surface area contributed by atoms with E-state index in [1.165, 1.54) is 29.7 Å². The van der Waals surface area contributed by atoms with E-state index in [2.05, 4.69) is 66.8 Å². The molecule has 0 radical (unpaired) electrons. The first kappa shape index (κ1) is 11.3. The predicted molar refractivity (Wildman–Crippen MR) is 77.7 cm³/mol. The first-order chi connectivity index (χ1) is 8.83. The van der Waals surface area contributed by atoms with Crippen molar-refractivity contribution in [3.63, 3.8) is 0 Å². The van der Waals surface area contributed by atoms with Gasteiger partial charge in [0.25, 0.3) is 0 Å². The van der Waals surface area contributed by atoms with Crippen molar-refractivity contribution >= 4 is 5.69 Å². The summed E-state index contributed by atoms with van der Waals surface area (Å²) in [4.78, 5) is 0. The molecule has 0 amide bonds. The molecule has 1 aliphatic carbocycles. The van der Waals surface area contributed by atoms with Crippen molar-refractivity contribution in [2.45, 2.75) is 25.8 Å². The Bertz CT molecular complexity index is 497. The van der Waals surface area contributed by atoms with Crippen molar-refractivity contribution in [2.24, 2.45) is 5.92 Å². The Labute approximate surface area is 109 Å². The number of hydrogen-bond donors (Lipinski definition) is 1. The molecule has 1 nitrogen and oxygen atoms in total. The highest BCUT2D eigenvalue weighted by molar-refractivity contribution is 5.65. The molecule has 0 aliphatic heterocycles. The zero-order valence-electron chi connectivity index (χ0n) is 10.8. The van der Waals surface area contributed by atoms with E-state index in [0.717, 1.165) is 5.92 Å². The van der Waals surface area contributed by atoms with Crippen molar-refractivity contribution in [2.75, 3.05) is 5.32 Å². The van der Waals surface area contributed by atoms with Crippen molar-refractivity contribution in [1.29, 1.82) is 0 Å². The van der Waals surface area contributed by atoms with Gasteiger partial charge in [-0.2, -0.15) is 0 Å². The van der Waals surface area contributed by atoms with Crippen molar-refractivity contribution in [3.8, 4) is 11.1 Å². The van der Waals surface area contributed by atoms with Gasteiger partial charge in [0, 0.05) is 11.7 Å². The Morgan fingerprint density at radius 1 is 0.889 bits per heavy atom. The Hall–Kier alpha value is -1.76. The van der Waals surface area contributed by atoms with Crippen LogP contribution in [0.5, 0.6) is 0 Å². The average molecular weight is 237 g/mol. The molecule has 2 aromatic carbocycles. The molecule has 18 heavy (non-hydrogen) atoms. The maximum Gasteiger partial charge on any atom is 0.0342 e. The number of rotatable bonds is 4. The summed E-state index contributed by atoms with van der Waals surface area (Å²) in [7, 11) is 0. The minimum absolute atomic E-state index is 0.604. The molecule has 1 saturated carbocycles. The molecule has 0 spiro atoms. The molecule has 0 saturated heterocycles. The lowest BCUT2D eigenvalue weighted by atomic mass is 10.1. The van der Waals surface area contributed by atoms with Gasteiger partial charge in [-0.15, -0.1) is 0 Å². The molecular formula is C17H19N. The average Bonchev–Trinajstić information content (AvgIpc) is 3.25. The molecule has 1 N–H and O–H groups in total. The highest BCUT2D eigenvalue weighted by Crippen LogP contribution is 2.34. The minimum atomic E-state index is 0.604. The van der Waals surface area contributed by atoms with E-state index in [1.54, 1.807) is 0 Å². The minimum Gasteiger partial charge on any atom is -0.382 e. The Balaban J connectivity index is 1.72. The third-order valence-electron chi connectivity index (χ3n) is 3.72. The van der Waals surface area contributed by atoms with Crippen molar-refractivity contribution < 1.29 is 0 Å². The van der Waals surface area contributed by atoms with Gasteiger partial charge in [0.05, 0.1) is 0 Å². The Kier molecular flexibility index (Phi) is 3.06. The Morgan fingerprint density at radius 2 is 1.50 bits per heavy atom. The lowest BCUT2D eigenvalue weighted by Crippen LogP contribution is -2.16. The van der Waals surface area contributed by atoms with Crippen LogP contribution < -0.4 is 5.32 Å². The first-order valence-corrected chi connectivity index (χ1v) is 6.75. The van der Waals surface area contributed by atoms with Crippen LogP contribution in [0.3, 0.4) is 0 Å². The summed E-state index contributed by atoms with van der Waals surface area (Å²) in [5.74, 6) is 0.888. The number of anilines is 1. The molecule has 0 heterocycles. The van der Waals surface area contributed by atoms with Crippen LogP contribution in [0.2, 0.25) is 0 Å². The van der Waals surface area contributed by atoms with E-state index < -0.39 is 0 Å². The number of nitrogens with one attached hydrogen (secondary N) is 1. The van der Waals surface area contributed by atoms with Crippen LogP contribution >= 0.6 is 0 Å². The van der Waals surface area contributed by atoms with Gasteiger partial charge < -0.3 is 5.32 Å². The smallest absolute Gasteiger partial charge is 0.0342 e. The van der Waals surface area contributed by atoms with Gasteiger partial charge in [-0.1, -0.05) is 42.5 Å². The van der Waals surface area contributed by atoms with Crippen LogP contribution in [0.4, 0.5) is 5.69 Å². The van der Waals surface area contributed by atoms with E-state index in [-0.39, 0.29) is 0 Å². The second-order valence-electron chi connectivity index (χ2n) is 5.21. The fourth-order valence-electron chi connectivity index (χ4n) is 2.37. The summed E-state index contributed by atoms with van der Waals surface area (Å²) in [6.45, 7) is 2.28. The topological polar surface area (TPSA) is 12.0 Å². The zero-order valence-corrected chi connectivity index (χ0v) is 10.8. The number of hydrogen-bond acceptors (Lipinski definition) is 1. The van der Waals surface area contributed by atoms with E-state index in [0.29, 0.717) is 6.04 Å². The highest BCUT2D eigenvalue weighted by atomic mass is 14.9. The molecule has 1 heteroatoms. The van der Waals surface area contributed by atoms with Crippen LogP contribution in [-0.4, -0.2) is 6.04 Å². The molecular weight excluding hydrogens is 218 g/mol. The first-order valence-electron chi connectivity index (χ1n) is 6.75. The quantitative estimate of drug-likeness (QED) is 0.821. The van der Waals surface area contributed by atoms with E-state index in [1.807, 2.05) is 0 Å². The standard InChI is InChI=1S/C17H19N/c1-13(14-7-8-14)18-17-11-9-16(10-12-17)15-5-3-2-4-6-15/h2-6,9-14,18H,7-8H2,1H3.